The van der Waals surface area contributed by atoms with Crippen molar-refractivity contribution in [3.8, 4) is 5.75 Å². The van der Waals surface area contributed by atoms with Gasteiger partial charge in [0.15, 0.2) is 5.75 Å². The van der Waals surface area contributed by atoms with E-state index in [4.69, 9.17) is 4.74 Å². The van der Waals surface area contributed by atoms with Gasteiger partial charge < -0.3 is 19.5 Å². The van der Waals surface area contributed by atoms with E-state index >= 15 is 0 Å². The molecule has 0 saturated carbocycles. The zero-order valence-corrected chi connectivity index (χ0v) is 13.4. The number of hydrogen-bond donors (Lipinski definition) is 2. The van der Waals surface area contributed by atoms with Crippen molar-refractivity contribution in [3.05, 3.63) is 27.7 Å². The molecule has 0 amide bonds. The molecule has 124 valence electrons. The second kappa shape index (κ2) is 7.76. The van der Waals surface area contributed by atoms with Gasteiger partial charge in [0.2, 0.25) is 5.43 Å². The fourth-order valence-corrected chi connectivity index (χ4v) is 2.91. The van der Waals surface area contributed by atoms with Crippen molar-refractivity contribution in [3.63, 3.8) is 0 Å². The predicted molar refractivity (Wildman–Crippen MR) is 83.9 cm³/mol. The summed E-state index contributed by atoms with van der Waals surface area (Å²) in [6.45, 7) is 7.29. The molecule has 1 aliphatic rings. The SMILES string of the molecule is CCN(CC)Cc1c(O)c(=O)cc(CO)n1CC1CCCO1. The Balaban J connectivity index is 2.41. The van der Waals surface area contributed by atoms with Crippen LogP contribution in [0.5, 0.6) is 5.75 Å². The van der Waals surface area contributed by atoms with Crippen LogP contribution in [0.2, 0.25) is 0 Å². The van der Waals surface area contributed by atoms with Gasteiger partial charge in [0.1, 0.15) is 0 Å². The highest BCUT2D eigenvalue weighted by Gasteiger charge is 2.22. The Morgan fingerprint density at radius 2 is 2.14 bits per heavy atom. The molecule has 6 heteroatoms. The first-order valence-electron chi connectivity index (χ1n) is 8.00. The number of aromatic nitrogens is 1. The molecule has 0 aliphatic carbocycles. The third-order valence-corrected chi connectivity index (χ3v) is 4.32. The van der Waals surface area contributed by atoms with Gasteiger partial charge in [0.05, 0.1) is 18.4 Å². The molecule has 2 rings (SSSR count). The topological polar surface area (TPSA) is 74.9 Å². The minimum absolute atomic E-state index is 0.0719. The molecular formula is C16H26N2O4. The van der Waals surface area contributed by atoms with Crippen molar-refractivity contribution >= 4 is 0 Å². The minimum Gasteiger partial charge on any atom is -0.503 e. The summed E-state index contributed by atoms with van der Waals surface area (Å²) in [5.74, 6) is -0.220. The lowest BCUT2D eigenvalue weighted by atomic mass is 10.2. The standard InChI is InChI=1S/C16H26N2O4/c1-3-17(4-2)10-14-16(21)15(20)8-12(11-19)18(14)9-13-6-5-7-22-13/h8,13,19,21H,3-7,9-11H2,1-2H3. The van der Waals surface area contributed by atoms with Crippen molar-refractivity contribution in [1.29, 1.82) is 0 Å². The van der Waals surface area contributed by atoms with Gasteiger partial charge in [-0.25, -0.2) is 0 Å². The average molecular weight is 310 g/mol. The lowest BCUT2D eigenvalue weighted by Gasteiger charge is -2.25. The van der Waals surface area contributed by atoms with Gasteiger partial charge in [-0.15, -0.1) is 0 Å². The van der Waals surface area contributed by atoms with E-state index in [0.29, 0.717) is 24.5 Å². The number of rotatable bonds is 7. The van der Waals surface area contributed by atoms with E-state index in [0.717, 1.165) is 32.5 Å². The molecule has 1 fully saturated rings. The Labute approximate surface area is 130 Å². The van der Waals surface area contributed by atoms with E-state index in [9.17, 15) is 15.0 Å². The van der Waals surface area contributed by atoms with Gasteiger partial charge in [-0.2, -0.15) is 0 Å². The first kappa shape index (κ1) is 17.0. The maximum atomic E-state index is 11.9. The summed E-state index contributed by atoms with van der Waals surface area (Å²) in [6, 6.07) is 1.32. The van der Waals surface area contributed by atoms with Crippen LogP contribution >= 0.6 is 0 Å². The largest absolute Gasteiger partial charge is 0.503 e. The highest BCUT2D eigenvalue weighted by atomic mass is 16.5. The van der Waals surface area contributed by atoms with Crippen LogP contribution in [0.25, 0.3) is 0 Å². The fourth-order valence-electron chi connectivity index (χ4n) is 2.91. The van der Waals surface area contributed by atoms with E-state index < -0.39 is 5.43 Å². The minimum atomic E-state index is -0.435. The second-order valence-electron chi connectivity index (χ2n) is 5.66. The lowest BCUT2D eigenvalue weighted by molar-refractivity contribution is 0.0930. The third-order valence-electron chi connectivity index (χ3n) is 4.32. The summed E-state index contributed by atoms with van der Waals surface area (Å²) < 4.78 is 7.52. The molecule has 1 aliphatic heterocycles. The number of aliphatic hydroxyl groups excluding tert-OH is 1. The summed E-state index contributed by atoms with van der Waals surface area (Å²) in [5, 5.41) is 19.8. The fraction of sp³-hybridized carbons (Fsp3) is 0.688. The van der Waals surface area contributed by atoms with E-state index in [-0.39, 0.29) is 18.5 Å². The van der Waals surface area contributed by atoms with Crippen LogP contribution in [-0.4, -0.2) is 45.5 Å². The summed E-state index contributed by atoms with van der Waals surface area (Å²) in [7, 11) is 0. The molecule has 22 heavy (non-hydrogen) atoms. The molecule has 0 spiro atoms. The maximum Gasteiger partial charge on any atom is 0.223 e. The van der Waals surface area contributed by atoms with Gasteiger partial charge in [0.25, 0.3) is 0 Å². The first-order valence-corrected chi connectivity index (χ1v) is 8.00. The lowest BCUT2D eigenvalue weighted by Crippen LogP contribution is -2.29. The zero-order valence-electron chi connectivity index (χ0n) is 13.4. The first-order chi connectivity index (χ1) is 10.6. The van der Waals surface area contributed by atoms with Crippen LogP contribution in [0.15, 0.2) is 10.9 Å². The molecule has 2 N–H and O–H groups in total. The van der Waals surface area contributed by atoms with Crippen molar-refractivity contribution in [2.24, 2.45) is 0 Å². The van der Waals surface area contributed by atoms with E-state index in [1.807, 2.05) is 18.4 Å². The van der Waals surface area contributed by atoms with Crippen LogP contribution in [0.4, 0.5) is 0 Å². The number of pyridine rings is 1. The van der Waals surface area contributed by atoms with Gasteiger partial charge in [-0.1, -0.05) is 13.8 Å². The second-order valence-corrected chi connectivity index (χ2v) is 5.66. The van der Waals surface area contributed by atoms with Crippen LogP contribution < -0.4 is 5.43 Å². The predicted octanol–water partition coefficient (Wildman–Crippen LogP) is 1.07. The quantitative estimate of drug-likeness (QED) is 0.788. The van der Waals surface area contributed by atoms with Crippen LogP contribution in [0.1, 0.15) is 38.1 Å². The molecule has 0 radical (unpaired) electrons. The van der Waals surface area contributed by atoms with E-state index in [2.05, 4.69) is 4.90 Å². The summed E-state index contributed by atoms with van der Waals surface area (Å²) in [4.78, 5) is 14.1. The molecule has 1 aromatic heterocycles. The highest BCUT2D eigenvalue weighted by molar-refractivity contribution is 5.30. The molecule has 6 nitrogen and oxygen atoms in total. The van der Waals surface area contributed by atoms with Gasteiger partial charge in [-0.3, -0.25) is 9.69 Å². The van der Waals surface area contributed by atoms with Crippen LogP contribution in [0.3, 0.4) is 0 Å². The highest BCUT2D eigenvalue weighted by Crippen LogP contribution is 2.21. The van der Waals surface area contributed by atoms with Crippen LogP contribution in [0, 0.1) is 0 Å². The Kier molecular flexibility index (Phi) is 5.99. The molecular weight excluding hydrogens is 284 g/mol. The molecule has 0 bridgehead atoms. The van der Waals surface area contributed by atoms with E-state index in [1.54, 1.807) is 0 Å². The summed E-state index contributed by atoms with van der Waals surface area (Å²) in [5.41, 5.74) is 0.658. The Hall–Kier alpha value is -1.37. The number of aliphatic hydroxyl groups is 1. The van der Waals surface area contributed by atoms with Crippen molar-refractivity contribution in [2.75, 3.05) is 19.7 Å². The van der Waals surface area contributed by atoms with Crippen molar-refractivity contribution < 1.29 is 14.9 Å². The Bertz CT molecular complexity index is 546. The number of ether oxygens (including phenoxy) is 1. The van der Waals surface area contributed by atoms with Crippen LogP contribution in [-0.2, 0) is 24.4 Å². The summed E-state index contributed by atoms with van der Waals surface area (Å²) >= 11 is 0. The smallest absolute Gasteiger partial charge is 0.223 e. The molecule has 0 aromatic carbocycles. The van der Waals surface area contributed by atoms with Gasteiger partial charge in [0, 0.05) is 31.5 Å². The van der Waals surface area contributed by atoms with Gasteiger partial charge in [-0.05, 0) is 25.9 Å². The zero-order chi connectivity index (χ0) is 16.1. The summed E-state index contributed by atoms with van der Waals surface area (Å²) in [6.07, 6.45) is 2.06. The number of nitrogens with zero attached hydrogens (tertiary/aromatic N) is 2. The average Bonchev–Trinajstić information content (AvgIpc) is 3.03. The maximum absolute atomic E-state index is 11.9. The number of aromatic hydroxyl groups is 1. The molecule has 1 unspecified atom stereocenters. The molecule has 1 aromatic rings. The van der Waals surface area contributed by atoms with Crippen molar-refractivity contribution in [1.82, 2.24) is 9.47 Å². The Morgan fingerprint density at radius 1 is 1.41 bits per heavy atom. The normalized spacial score (nSPS) is 18.3. The molecule has 1 saturated heterocycles. The molecule has 1 atom stereocenters. The number of hydrogen-bond acceptors (Lipinski definition) is 5. The van der Waals surface area contributed by atoms with Crippen molar-refractivity contribution in [2.45, 2.75) is 52.5 Å². The Morgan fingerprint density at radius 3 is 2.68 bits per heavy atom. The van der Waals surface area contributed by atoms with Gasteiger partial charge >= 0.3 is 0 Å². The van der Waals surface area contributed by atoms with E-state index in [1.165, 1.54) is 6.07 Å². The molecule has 2 heterocycles. The monoisotopic (exact) mass is 310 g/mol. The third kappa shape index (κ3) is 3.69.